The van der Waals surface area contributed by atoms with E-state index in [1.54, 1.807) is 0 Å². The number of imide groups is 1. The van der Waals surface area contributed by atoms with Crippen molar-refractivity contribution in [2.24, 2.45) is 0 Å². The fraction of sp³-hybridized carbons (Fsp3) is 0.792. The minimum atomic E-state index is -0.308. The predicted molar refractivity (Wildman–Crippen MR) is 127 cm³/mol. The number of nitrogens with zero attached hydrogens (tertiary/aromatic N) is 1. The minimum Gasteiger partial charge on any atom is -0.463 e. The van der Waals surface area contributed by atoms with Gasteiger partial charge in [0.1, 0.15) is 6.61 Å². The lowest BCUT2D eigenvalue weighted by molar-refractivity contribution is -0.145. The molecule has 0 aliphatic carbocycles. The van der Waals surface area contributed by atoms with Crippen LogP contribution in [0.5, 0.6) is 0 Å². The van der Waals surface area contributed by atoms with Gasteiger partial charge in [-0.1, -0.05) is 6.92 Å². The molecule has 208 valence electrons. The van der Waals surface area contributed by atoms with Crippen molar-refractivity contribution in [2.45, 2.75) is 19.8 Å². The molecule has 36 heavy (non-hydrogen) atoms. The molecule has 0 aromatic rings. The first-order valence-electron chi connectivity index (χ1n) is 12.4. The molecule has 0 atom stereocenters. The standard InChI is InChI=1S/C24H41NO11/c1-2-3-24(28)36-21-20-35-19-18-34-17-16-33-15-14-32-13-12-31-11-10-30-9-8-29-7-6-25-22(26)4-5-23(25)27/h4-5H,2-3,6-21H2,1H3. The molecular weight excluding hydrogens is 478 g/mol. The van der Waals surface area contributed by atoms with Gasteiger partial charge >= 0.3 is 5.97 Å². The molecule has 1 rings (SSSR count). The molecule has 0 aromatic heterocycles. The Balaban J connectivity index is 1.67. The Morgan fingerprint density at radius 3 is 1.28 bits per heavy atom. The van der Waals surface area contributed by atoms with Gasteiger partial charge in [0.05, 0.1) is 99.0 Å². The van der Waals surface area contributed by atoms with E-state index in [9.17, 15) is 14.4 Å². The summed E-state index contributed by atoms with van der Waals surface area (Å²) in [6.07, 6.45) is 3.72. The van der Waals surface area contributed by atoms with E-state index in [2.05, 4.69) is 0 Å². The molecule has 0 fully saturated rings. The third kappa shape index (κ3) is 18.4. The van der Waals surface area contributed by atoms with Gasteiger partial charge in [-0.15, -0.1) is 0 Å². The van der Waals surface area contributed by atoms with Crippen LogP contribution in [-0.4, -0.2) is 128 Å². The molecule has 12 nitrogen and oxygen atoms in total. The summed E-state index contributed by atoms with van der Waals surface area (Å²) in [7, 11) is 0. The van der Waals surface area contributed by atoms with Crippen LogP contribution >= 0.6 is 0 Å². The summed E-state index contributed by atoms with van der Waals surface area (Å²) in [6.45, 7) is 8.49. The molecule has 0 unspecified atom stereocenters. The van der Waals surface area contributed by atoms with Crippen LogP contribution in [0, 0.1) is 0 Å². The predicted octanol–water partition coefficient (Wildman–Crippen LogP) is 0.371. The zero-order valence-electron chi connectivity index (χ0n) is 21.3. The van der Waals surface area contributed by atoms with E-state index in [1.807, 2.05) is 6.92 Å². The van der Waals surface area contributed by atoms with E-state index in [4.69, 9.17) is 37.9 Å². The smallest absolute Gasteiger partial charge is 0.305 e. The lowest BCUT2D eigenvalue weighted by Crippen LogP contribution is -2.33. The molecule has 0 radical (unpaired) electrons. The van der Waals surface area contributed by atoms with Crippen molar-refractivity contribution in [3.05, 3.63) is 12.2 Å². The maximum absolute atomic E-state index is 11.4. The van der Waals surface area contributed by atoms with Crippen LogP contribution in [0.4, 0.5) is 0 Å². The monoisotopic (exact) mass is 519 g/mol. The number of hydrogen-bond donors (Lipinski definition) is 0. The molecule has 0 N–H and O–H groups in total. The molecule has 1 heterocycles. The summed E-state index contributed by atoms with van der Waals surface area (Å²) >= 11 is 0. The van der Waals surface area contributed by atoms with Gasteiger partial charge in [0.2, 0.25) is 0 Å². The van der Waals surface area contributed by atoms with E-state index in [-0.39, 0.29) is 37.5 Å². The highest BCUT2D eigenvalue weighted by Gasteiger charge is 2.22. The number of carbonyl (C=O) groups excluding carboxylic acids is 3. The molecule has 1 aliphatic heterocycles. The Morgan fingerprint density at radius 1 is 0.583 bits per heavy atom. The van der Waals surface area contributed by atoms with Crippen molar-refractivity contribution < 1.29 is 52.3 Å². The maximum Gasteiger partial charge on any atom is 0.305 e. The van der Waals surface area contributed by atoms with Crippen molar-refractivity contribution in [3.63, 3.8) is 0 Å². The van der Waals surface area contributed by atoms with Crippen LogP contribution in [-0.2, 0) is 52.3 Å². The normalized spacial score (nSPS) is 13.2. The zero-order valence-corrected chi connectivity index (χ0v) is 21.3. The molecule has 0 saturated carbocycles. The van der Waals surface area contributed by atoms with Crippen LogP contribution in [0.25, 0.3) is 0 Å². The van der Waals surface area contributed by atoms with Gasteiger partial charge in [-0.3, -0.25) is 19.3 Å². The summed E-state index contributed by atoms with van der Waals surface area (Å²) in [4.78, 5) is 35.0. The summed E-state index contributed by atoms with van der Waals surface area (Å²) in [5, 5.41) is 0. The van der Waals surface area contributed by atoms with E-state index in [0.717, 1.165) is 11.3 Å². The number of amides is 2. The maximum atomic E-state index is 11.4. The van der Waals surface area contributed by atoms with Crippen molar-refractivity contribution in [2.75, 3.05) is 106 Å². The van der Waals surface area contributed by atoms with E-state index < -0.39 is 0 Å². The Labute approximate surface area is 213 Å². The molecule has 0 spiro atoms. The van der Waals surface area contributed by atoms with Crippen molar-refractivity contribution >= 4 is 17.8 Å². The lowest BCUT2D eigenvalue weighted by atomic mass is 10.3. The van der Waals surface area contributed by atoms with Gasteiger partial charge in [0.15, 0.2) is 0 Å². The van der Waals surface area contributed by atoms with Crippen LogP contribution in [0.15, 0.2) is 12.2 Å². The lowest BCUT2D eigenvalue weighted by Gasteiger charge is -2.13. The van der Waals surface area contributed by atoms with E-state index >= 15 is 0 Å². The number of carbonyl (C=O) groups is 3. The van der Waals surface area contributed by atoms with Crippen molar-refractivity contribution in [1.82, 2.24) is 4.90 Å². The van der Waals surface area contributed by atoms with Crippen LogP contribution in [0.1, 0.15) is 19.8 Å². The summed E-state index contributed by atoms with van der Waals surface area (Å²) in [5.41, 5.74) is 0. The fourth-order valence-electron chi connectivity index (χ4n) is 2.72. The highest BCUT2D eigenvalue weighted by molar-refractivity contribution is 6.12. The Bertz CT molecular complexity index is 597. The first kappa shape index (κ1) is 32.1. The molecule has 12 heteroatoms. The Hall–Kier alpha value is -1.93. The molecule has 0 bridgehead atoms. The van der Waals surface area contributed by atoms with Crippen LogP contribution < -0.4 is 0 Å². The second kappa shape index (κ2) is 23.5. The van der Waals surface area contributed by atoms with Crippen molar-refractivity contribution in [1.29, 1.82) is 0 Å². The Morgan fingerprint density at radius 2 is 0.917 bits per heavy atom. The third-order valence-corrected chi connectivity index (χ3v) is 4.54. The first-order chi connectivity index (χ1) is 17.6. The second-order valence-corrected chi connectivity index (χ2v) is 7.42. The van der Waals surface area contributed by atoms with Gasteiger partial charge in [-0.2, -0.15) is 0 Å². The first-order valence-corrected chi connectivity index (χ1v) is 12.4. The topological polar surface area (TPSA) is 128 Å². The number of rotatable bonds is 26. The largest absolute Gasteiger partial charge is 0.463 e. The van der Waals surface area contributed by atoms with Gasteiger partial charge < -0.3 is 37.9 Å². The van der Waals surface area contributed by atoms with Crippen LogP contribution in [0.2, 0.25) is 0 Å². The zero-order chi connectivity index (χ0) is 26.1. The number of hydrogen-bond acceptors (Lipinski definition) is 11. The molecular formula is C24H41NO11. The summed E-state index contributed by atoms with van der Waals surface area (Å²) < 4.78 is 42.6. The average molecular weight is 520 g/mol. The van der Waals surface area contributed by atoms with Gasteiger partial charge in [-0.05, 0) is 6.42 Å². The molecule has 1 aliphatic rings. The molecule has 2 amide bonds. The summed E-state index contributed by atoms with van der Waals surface area (Å²) in [5.74, 6) is -0.810. The number of ether oxygens (including phenoxy) is 8. The van der Waals surface area contributed by atoms with Gasteiger partial charge in [0.25, 0.3) is 11.8 Å². The molecule has 0 saturated heterocycles. The van der Waals surface area contributed by atoms with E-state index in [0.29, 0.717) is 92.3 Å². The number of esters is 1. The highest BCUT2D eigenvalue weighted by Crippen LogP contribution is 2.02. The minimum absolute atomic E-state index is 0.195. The molecule has 0 aromatic carbocycles. The second-order valence-electron chi connectivity index (χ2n) is 7.42. The Kier molecular flexibility index (Phi) is 20.9. The average Bonchev–Trinajstić information content (AvgIpc) is 3.19. The van der Waals surface area contributed by atoms with Gasteiger partial charge in [-0.25, -0.2) is 0 Å². The SMILES string of the molecule is CCCC(=O)OCCOCCOCCOCCOCCOCCOCCOCCN1C(=O)C=CC1=O. The van der Waals surface area contributed by atoms with Crippen LogP contribution in [0.3, 0.4) is 0 Å². The van der Waals surface area contributed by atoms with Crippen molar-refractivity contribution in [3.8, 4) is 0 Å². The van der Waals surface area contributed by atoms with E-state index in [1.165, 1.54) is 12.2 Å². The fourth-order valence-corrected chi connectivity index (χ4v) is 2.72. The third-order valence-electron chi connectivity index (χ3n) is 4.54. The summed E-state index contributed by atoms with van der Waals surface area (Å²) in [6, 6.07) is 0. The quantitative estimate of drug-likeness (QED) is 0.0893. The van der Waals surface area contributed by atoms with Gasteiger partial charge in [0, 0.05) is 18.6 Å². The highest BCUT2D eigenvalue weighted by atomic mass is 16.6.